The first-order chi connectivity index (χ1) is 17.0. The van der Waals surface area contributed by atoms with Gasteiger partial charge in [-0.2, -0.15) is 0 Å². The average Bonchev–Trinajstić information content (AvgIpc) is 3.06. The Morgan fingerprint density at radius 1 is 1.08 bits per heavy atom. The van der Waals surface area contributed by atoms with E-state index in [2.05, 4.69) is 51.7 Å². The number of hydrogen-bond donors (Lipinski definition) is 1. The first-order valence-electron chi connectivity index (χ1n) is 12.8. The lowest BCUT2D eigenvalue weighted by Crippen LogP contribution is -2.35. The highest BCUT2D eigenvalue weighted by Crippen LogP contribution is 2.34. The van der Waals surface area contributed by atoms with E-state index in [1.54, 1.807) is 0 Å². The minimum atomic E-state index is -0.473. The van der Waals surface area contributed by atoms with Crippen LogP contribution < -0.4 is 5.56 Å². The molecule has 1 unspecified atom stereocenters. The summed E-state index contributed by atoms with van der Waals surface area (Å²) in [6, 6.07) is 16.0. The van der Waals surface area contributed by atoms with Crippen molar-refractivity contribution in [1.29, 1.82) is 0 Å². The van der Waals surface area contributed by atoms with Crippen LogP contribution in [0.2, 0.25) is 5.02 Å². The molecule has 2 aromatic carbocycles. The highest BCUT2D eigenvalue weighted by atomic mass is 35.5. The zero-order valence-electron chi connectivity index (χ0n) is 22.0. The third-order valence-corrected chi connectivity index (χ3v) is 7.72. The summed E-state index contributed by atoms with van der Waals surface area (Å²) in [6.07, 6.45) is 2.53. The topological polar surface area (TPSA) is 66.1 Å². The minimum Gasteiger partial charge on any atom is -0.338 e. The van der Waals surface area contributed by atoms with E-state index in [0.29, 0.717) is 35.8 Å². The van der Waals surface area contributed by atoms with Crippen molar-refractivity contribution < 1.29 is 4.79 Å². The molecule has 1 amide bonds. The summed E-state index contributed by atoms with van der Waals surface area (Å²) in [5.74, 6) is 0.685. The van der Waals surface area contributed by atoms with E-state index in [1.807, 2.05) is 41.3 Å². The van der Waals surface area contributed by atoms with Gasteiger partial charge in [0, 0.05) is 11.6 Å². The molecule has 5 nitrogen and oxygen atoms in total. The van der Waals surface area contributed by atoms with Gasteiger partial charge in [0.1, 0.15) is 5.82 Å². The van der Waals surface area contributed by atoms with Gasteiger partial charge in [-0.25, -0.2) is 4.98 Å². The average molecular weight is 506 g/mol. The smallest absolute Gasteiger partial charge is 0.256 e. The van der Waals surface area contributed by atoms with Gasteiger partial charge < -0.3 is 9.88 Å². The lowest BCUT2D eigenvalue weighted by atomic mass is 9.79. The van der Waals surface area contributed by atoms with Crippen molar-refractivity contribution in [2.24, 2.45) is 0 Å². The van der Waals surface area contributed by atoms with Crippen LogP contribution in [-0.2, 0) is 35.0 Å². The van der Waals surface area contributed by atoms with Crippen molar-refractivity contribution in [3.8, 4) is 0 Å². The predicted octanol–water partition coefficient (Wildman–Crippen LogP) is 5.95. The molecule has 0 saturated carbocycles. The maximum atomic E-state index is 13.3. The second-order valence-electron chi connectivity index (χ2n) is 11.1. The summed E-state index contributed by atoms with van der Waals surface area (Å²) in [5.41, 5.74) is 4.00. The van der Waals surface area contributed by atoms with E-state index < -0.39 is 5.41 Å². The summed E-state index contributed by atoms with van der Waals surface area (Å²) in [7, 11) is 0. The van der Waals surface area contributed by atoms with Gasteiger partial charge in [0.05, 0.1) is 29.6 Å². The molecule has 0 bridgehead atoms. The molecule has 1 aliphatic heterocycles. The standard InChI is InChI=1S/C30H36ClN3O2/c1-6-30(5,22-12-8-13-23(31)18-22)28-32-25-14-9-15-34(19-24(25)27(36)33-28)26(35)17-20-10-7-11-21(16-20)29(2,3)4/h7-8,10-13,16,18H,6,9,14-15,17,19H2,1-5H3,(H,32,33,36). The van der Waals surface area contributed by atoms with Crippen LogP contribution in [0.25, 0.3) is 0 Å². The molecule has 36 heavy (non-hydrogen) atoms. The van der Waals surface area contributed by atoms with Gasteiger partial charge >= 0.3 is 0 Å². The van der Waals surface area contributed by atoms with Crippen LogP contribution >= 0.6 is 11.6 Å². The summed E-state index contributed by atoms with van der Waals surface area (Å²) in [4.78, 5) is 36.4. The fraction of sp³-hybridized carbons (Fsp3) is 0.433. The van der Waals surface area contributed by atoms with E-state index in [1.165, 1.54) is 5.56 Å². The van der Waals surface area contributed by atoms with Crippen LogP contribution in [0.1, 0.15) is 81.2 Å². The normalized spacial score (nSPS) is 15.7. The van der Waals surface area contributed by atoms with Crippen molar-refractivity contribution in [3.05, 3.63) is 97.7 Å². The van der Waals surface area contributed by atoms with Crippen LogP contribution in [0, 0.1) is 0 Å². The quantitative estimate of drug-likeness (QED) is 0.465. The van der Waals surface area contributed by atoms with Crippen LogP contribution in [0.15, 0.2) is 53.3 Å². The Hall–Kier alpha value is -2.92. The Labute approximate surface area is 218 Å². The number of aromatic amines is 1. The van der Waals surface area contributed by atoms with Gasteiger partial charge in [-0.3, -0.25) is 9.59 Å². The lowest BCUT2D eigenvalue weighted by molar-refractivity contribution is -0.131. The summed E-state index contributed by atoms with van der Waals surface area (Å²) in [5, 5.41) is 0.659. The van der Waals surface area contributed by atoms with Crippen molar-refractivity contribution in [3.63, 3.8) is 0 Å². The van der Waals surface area contributed by atoms with E-state index in [9.17, 15) is 9.59 Å². The molecule has 6 heteroatoms. The van der Waals surface area contributed by atoms with Crippen molar-refractivity contribution in [2.45, 2.75) is 77.7 Å². The third kappa shape index (κ3) is 5.41. The molecule has 1 aliphatic rings. The van der Waals surface area contributed by atoms with Gasteiger partial charge in [0.15, 0.2) is 0 Å². The van der Waals surface area contributed by atoms with Gasteiger partial charge in [-0.1, -0.05) is 75.7 Å². The maximum absolute atomic E-state index is 13.3. The zero-order chi connectivity index (χ0) is 26.1. The monoisotopic (exact) mass is 505 g/mol. The molecule has 0 spiro atoms. The van der Waals surface area contributed by atoms with E-state index in [-0.39, 0.29) is 23.4 Å². The maximum Gasteiger partial charge on any atom is 0.256 e. The molecule has 1 N–H and O–H groups in total. The molecule has 1 aromatic heterocycles. The number of halogens is 1. The number of H-pyrrole nitrogens is 1. The highest BCUT2D eigenvalue weighted by molar-refractivity contribution is 6.30. The lowest BCUT2D eigenvalue weighted by Gasteiger charge is -2.29. The number of hydrogen-bond acceptors (Lipinski definition) is 3. The Morgan fingerprint density at radius 3 is 2.50 bits per heavy atom. The number of benzene rings is 2. The largest absolute Gasteiger partial charge is 0.338 e. The Kier molecular flexibility index (Phi) is 7.42. The molecule has 2 heterocycles. The molecular weight excluding hydrogens is 470 g/mol. The Bertz CT molecular complexity index is 1320. The van der Waals surface area contributed by atoms with Crippen LogP contribution in [0.3, 0.4) is 0 Å². The van der Waals surface area contributed by atoms with E-state index >= 15 is 0 Å². The molecule has 0 radical (unpaired) electrons. The van der Waals surface area contributed by atoms with E-state index in [0.717, 1.165) is 29.7 Å². The molecule has 0 saturated heterocycles. The molecule has 1 atom stereocenters. The third-order valence-electron chi connectivity index (χ3n) is 7.48. The Morgan fingerprint density at radius 2 is 1.81 bits per heavy atom. The van der Waals surface area contributed by atoms with E-state index in [4.69, 9.17) is 16.6 Å². The first kappa shape index (κ1) is 26.2. The van der Waals surface area contributed by atoms with Crippen LogP contribution in [0.5, 0.6) is 0 Å². The number of aromatic nitrogens is 2. The van der Waals surface area contributed by atoms with Gasteiger partial charge in [0.2, 0.25) is 5.91 Å². The number of nitrogens with one attached hydrogen (secondary N) is 1. The highest BCUT2D eigenvalue weighted by Gasteiger charge is 2.32. The van der Waals surface area contributed by atoms with Crippen molar-refractivity contribution in [2.75, 3.05) is 6.54 Å². The molecule has 0 fully saturated rings. The number of carbonyl (C=O) groups excluding carboxylic acids is 1. The zero-order valence-corrected chi connectivity index (χ0v) is 22.7. The summed E-state index contributed by atoms with van der Waals surface area (Å²) < 4.78 is 0. The summed E-state index contributed by atoms with van der Waals surface area (Å²) in [6.45, 7) is 11.6. The summed E-state index contributed by atoms with van der Waals surface area (Å²) >= 11 is 6.27. The Balaban J connectivity index is 1.60. The second kappa shape index (κ2) is 10.2. The van der Waals surface area contributed by atoms with Crippen molar-refractivity contribution in [1.82, 2.24) is 14.9 Å². The van der Waals surface area contributed by atoms with Gasteiger partial charge in [-0.05, 0) is 60.4 Å². The number of rotatable bonds is 5. The van der Waals surface area contributed by atoms with Crippen LogP contribution in [0.4, 0.5) is 0 Å². The SMILES string of the molecule is CCC(C)(c1cccc(Cl)c1)c1nc2c(c(=O)[nH]1)CN(C(=O)Cc1cccc(C(C)(C)C)c1)CCC2. The van der Waals surface area contributed by atoms with Gasteiger partial charge in [-0.15, -0.1) is 0 Å². The minimum absolute atomic E-state index is 0.0232. The number of carbonyl (C=O) groups is 1. The molecular formula is C30H36ClN3O2. The van der Waals surface area contributed by atoms with Crippen molar-refractivity contribution >= 4 is 17.5 Å². The number of fused-ring (bicyclic) bond motifs is 1. The molecule has 3 aromatic rings. The number of nitrogens with zero attached hydrogens (tertiary/aromatic N) is 2. The predicted molar refractivity (Wildman–Crippen MR) is 146 cm³/mol. The second-order valence-corrected chi connectivity index (χ2v) is 11.5. The molecule has 0 aliphatic carbocycles. The van der Waals surface area contributed by atoms with Gasteiger partial charge in [0.25, 0.3) is 5.56 Å². The molecule has 190 valence electrons. The fourth-order valence-corrected chi connectivity index (χ4v) is 5.06. The molecule has 4 rings (SSSR count). The number of aryl methyl sites for hydroxylation is 1. The van der Waals surface area contributed by atoms with Crippen LogP contribution in [-0.4, -0.2) is 27.3 Å². The number of amides is 1. The first-order valence-corrected chi connectivity index (χ1v) is 13.1. The fourth-order valence-electron chi connectivity index (χ4n) is 4.87.